The normalized spacial score (nSPS) is 11.1. The minimum Gasteiger partial charge on any atom is -0.311 e. The highest BCUT2D eigenvalue weighted by Gasteiger charge is 2.19. The van der Waals surface area contributed by atoms with Gasteiger partial charge < -0.3 is 19.6 Å². The zero-order valence-electron chi connectivity index (χ0n) is 42.2. The quantitative estimate of drug-likeness (QED) is 0.108. The van der Waals surface area contributed by atoms with Crippen molar-refractivity contribution in [2.45, 2.75) is 0 Å². The van der Waals surface area contributed by atoms with Gasteiger partial charge in [-0.15, -0.1) is 11.3 Å². The highest BCUT2D eigenvalue weighted by atomic mass is 32.1. The molecule has 0 amide bonds. The van der Waals surface area contributed by atoms with Gasteiger partial charge in [0.05, 0.1) is 0 Å². The number of para-hydroxylation sites is 6. The lowest BCUT2D eigenvalue weighted by molar-refractivity contribution is 1.28. The molecule has 0 saturated heterocycles. The molecule has 0 saturated carbocycles. The van der Waals surface area contributed by atoms with Gasteiger partial charge in [-0.1, -0.05) is 158 Å². The minimum atomic E-state index is 1.09. The largest absolute Gasteiger partial charge is 0.311 e. The van der Waals surface area contributed by atoms with Gasteiger partial charge in [-0.05, 0) is 180 Å². The fourth-order valence-electron chi connectivity index (χ4n) is 10.5. The van der Waals surface area contributed by atoms with Gasteiger partial charge in [0.1, 0.15) is 0 Å². The number of fused-ring (bicyclic) bond motifs is 3. The van der Waals surface area contributed by atoms with Crippen LogP contribution in [-0.4, -0.2) is 0 Å². The second-order valence-electron chi connectivity index (χ2n) is 19.0. The first-order valence-electron chi connectivity index (χ1n) is 26.1. The molecular weight excluding hydrogens is 953 g/mol. The van der Waals surface area contributed by atoms with Gasteiger partial charge in [0.25, 0.3) is 0 Å². The smallest absolute Gasteiger partial charge is 0.0468 e. The molecule has 0 fully saturated rings. The molecule has 0 bridgehead atoms. The maximum atomic E-state index is 2.37. The summed E-state index contributed by atoms with van der Waals surface area (Å²) in [5.74, 6) is 0. The number of nitrogens with zero attached hydrogens (tertiary/aromatic N) is 4. The highest BCUT2D eigenvalue weighted by molar-refractivity contribution is 7.25. The Morgan fingerprint density at radius 3 is 0.571 bits per heavy atom. The molecule has 0 radical (unpaired) electrons. The van der Waals surface area contributed by atoms with Crippen LogP contribution in [0.5, 0.6) is 0 Å². The Balaban J connectivity index is 0.808. The van der Waals surface area contributed by atoms with Crippen molar-refractivity contribution in [1.82, 2.24) is 0 Å². The molecule has 366 valence electrons. The summed E-state index contributed by atoms with van der Waals surface area (Å²) < 4.78 is 2.51. The summed E-state index contributed by atoms with van der Waals surface area (Å²) in [6.45, 7) is 0. The van der Waals surface area contributed by atoms with Crippen molar-refractivity contribution in [3.63, 3.8) is 0 Å². The molecule has 1 aromatic heterocycles. The predicted octanol–water partition coefficient (Wildman–Crippen LogP) is 21.3. The average Bonchev–Trinajstić information content (AvgIpc) is 3.89. The molecule has 1 heterocycles. The standard InChI is InChI=1S/C72H52N4S/c1-7-19-57(20-8-1)73(58-21-9-2-10-22-58)63-39-31-53(32-40-63)55-35-43-65(44-36-55)75(61-27-15-5-16-28-61)67-47-49-71-69(51-67)70-52-68(48-50-72(70)77-71)76(62-29-17-6-18-30-62)66-45-37-56(38-46-66)54-33-41-64(42-34-54)74(59-23-11-3-12-24-59)60-25-13-4-14-26-60/h1-52H. The van der Waals surface area contributed by atoms with E-state index in [2.05, 4.69) is 335 Å². The molecular formula is C72H52N4S. The summed E-state index contributed by atoms with van der Waals surface area (Å²) in [7, 11) is 0. The minimum absolute atomic E-state index is 1.09. The van der Waals surface area contributed by atoms with E-state index < -0.39 is 0 Å². The van der Waals surface area contributed by atoms with E-state index in [-0.39, 0.29) is 0 Å². The Bertz CT molecular complexity index is 3700. The Hall–Kier alpha value is -9.94. The number of hydrogen-bond acceptors (Lipinski definition) is 5. The molecule has 0 spiro atoms. The first-order chi connectivity index (χ1) is 38.2. The van der Waals surface area contributed by atoms with Crippen LogP contribution in [0.15, 0.2) is 315 Å². The number of thiophene rings is 1. The fraction of sp³-hybridized carbons (Fsp3) is 0. The van der Waals surface area contributed by atoms with Gasteiger partial charge in [0, 0.05) is 88.4 Å². The zero-order valence-corrected chi connectivity index (χ0v) is 43.0. The predicted molar refractivity (Wildman–Crippen MR) is 329 cm³/mol. The van der Waals surface area contributed by atoms with Crippen molar-refractivity contribution >= 4 is 99.8 Å². The van der Waals surface area contributed by atoms with Crippen LogP contribution >= 0.6 is 11.3 Å². The van der Waals surface area contributed by atoms with Crippen LogP contribution < -0.4 is 19.6 Å². The van der Waals surface area contributed by atoms with Crippen LogP contribution in [0.3, 0.4) is 0 Å². The third kappa shape index (κ3) is 9.60. The number of rotatable bonds is 14. The maximum Gasteiger partial charge on any atom is 0.0468 e. The van der Waals surface area contributed by atoms with E-state index in [1.54, 1.807) is 0 Å². The van der Waals surface area contributed by atoms with Crippen LogP contribution in [0.4, 0.5) is 68.2 Å². The fourth-order valence-corrected chi connectivity index (χ4v) is 11.6. The van der Waals surface area contributed by atoms with Crippen molar-refractivity contribution in [3.8, 4) is 22.3 Å². The van der Waals surface area contributed by atoms with Crippen molar-refractivity contribution in [2.24, 2.45) is 0 Å². The molecule has 4 nitrogen and oxygen atoms in total. The molecule has 0 aliphatic heterocycles. The lowest BCUT2D eigenvalue weighted by Crippen LogP contribution is -2.10. The van der Waals surface area contributed by atoms with Crippen molar-refractivity contribution in [2.75, 3.05) is 19.6 Å². The third-order valence-corrected chi connectivity index (χ3v) is 15.4. The molecule has 5 heteroatoms. The van der Waals surface area contributed by atoms with Crippen molar-refractivity contribution in [3.05, 3.63) is 315 Å². The lowest BCUT2D eigenvalue weighted by Gasteiger charge is -2.26. The summed E-state index contributed by atoms with van der Waals surface area (Å²) >= 11 is 1.84. The summed E-state index contributed by atoms with van der Waals surface area (Å²) in [6.07, 6.45) is 0. The van der Waals surface area contributed by atoms with Gasteiger partial charge in [0.2, 0.25) is 0 Å². The molecule has 0 aliphatic rings. The van der Waals surface area contributed by atoms with E-state index >= 15 is 0 Å². The Labute approximate surface area is 454 Å². The molecule has 13 aromatic rings. The monoisotopic (exact) mass is 1000 g/mol. The highest BCUT2D eigenvalue weighted by Crippen LogP contribution is 2.45. The molecule has 13 rings (SSSR count). The molecule has 12 aromatic carbocycles. The summed E-state index contributed by atoms with van der Waals surface area (Å²) in [5.41, 5.74) is 17.9. The van der Waals surface area contributed by atoms with E-state index in [0.717, 1.165) is 90.5 Å². The van der Waals surface area contributed by atoms with Crippen LogP contribution in [0, 0.1) is 0 Å². The van der Waals surface area contributed by atoms with E-state index in [4.69, 9.17) is 0 Å². The van der Waals surface area contributed by atoms with Crippen molar-refractivity contribution < 1.29 is 0 Å². The third-order valence-electron chi connectivity index (χ3n) is 14.2. The SMILES string of the molecule is c1ccc(N(c2ccccc2)c2ccc(-c3ccc(N(c4ccccc4)c4ccc5sc6ccc(N(c7ccccc7)c7ccc(-c8ccc(N(c9ccccc9)c9ccccc9)cc8)cc7)cc6c5c4)cc3)cc2)cc1. The lowest BCUT2D eigenvalue weighted by atomic mass is 10.0. The Kier molecular flexibility index (Phi) is 12.8. The van der Waals surface area contributed by atoms with Crippen LogP contribution in [-0.2, 0) is 0 Å². The zero-order chi connectivity index (χ0) is 51.3. The van der Waals surface area contributed by atoms with Crippen LogP contribution in [0.2, 0.25) is 0 Å². The molecule has 77 heavy (non-hydrogen) atoms. The van der Waals surface area contributed by atoms with E-state index in [1.807, 2.05) is 11.3 Å². The van der Waals surface area contributed by atoms with Gasteiger partial charge in [0.15, 0.2) is 0 Å². The first-order valence-corrected chi connectivity index (χ1v) is 26.9. The van der Waals surface area contributed by atoms with E-state index in [1.165, 1.54) is 20.2 Å². The Morgan fingerprint density at radius 2 is 0.351 bits per heavy atom. The van der Waals surface area contributed by atoms with Crippen molar-refractivity contribution in [1.29, 1.82) is 0 Å². The summed E-state index contributed by atoms with van der Waals surface area (Å²) in [5, 5.41) is 2.46. The van der Waals surface area contributed by atoms with Gasteiger partial charge in [-0.25, -0.2) is 0 Å². The molecule has 0 atom stereocenters. The van der Waals surface area contributed by atoms with E-state index in [0.29, 0.717) is 0 Å². The topological polar surface area (TPSA) is 13.0 Å². The number of hydrogen-bond donors (Lipinski definition) is 0. The Morgan fingerprint density at radius 1 is 0.169 bits per heavy atom. The second-order valence-corrected chi connectivity index (χ2v) is 20.1. The van der Waals surface area contributed by atoms with E-state index in [9.17, 15) is 0 Å². The summed E-state index contributed by atoms with van der Waals surface area (Å²) in [4.78, 5) is 9.32. The maximum absolute atomic E-state index is 2.37. The van der Waals surface area contributed by atoms with Gasteiger partial charge in [-0.2, -0.15) is 0 Å². The summed E-state index contributed by atoms with van der Waals surface area (Å²) in [6, 6.07) is 113. The molecule has 0 unspecified atom stereocenters. The number of anilines is 12. The number of benzene rings is 12. The first kappa shape index (κ1) is 46.8. The van der Waals surface area contributed by atoms with Crippen LogP contribution in [0.1, 0.15) is 0 Å². The van der Waals surface area contributed by atoms with Crippen LogP contribution in [0.25, 0.3) is 42.4 Å². The average molecular weight is 1010 g/mol. The van der Waals surface area contributed by atoms with Gasteiger partial charge >= 0.3 is 0 Å². The second kappa shape index (κ2) is 21.1. The molecule has 0 N–H and O–H groups in total. The van der Waals surface area contributed by atoms with Gasteiger partial charge in [-0.3, -0.25) is 0 Å². The molecule has 0 aliphatic carbocycles.